The van der Waals surface area contributed by atoms with E-state index < -0.39 is 0 Å². The van der Waals surface area contributed by atoms with Gasteiger partial charge in [-0.25, -0.2) is 0 Å². The second-order valence-electron chi connectivity index (χ2n) is 6.14. The summed E-state index contributed by atoms with van der Waals surface area (Å²) in [4.78, 5) is 27.7. The number of nitrogens with zero attached hydrogens (tertiary/aromatic N) is 4. The normalized spacial score (nSPS) is 17.8. The molecule has 0 saturated carbocycles. The number of hydrogen-bond donors (Lipinski definition) is 0. The molecule has 24 heavy (non-hydrogen) atoms. The molecule has 1 fully saturated rings. The molecular formula is C19H18N4O. The number of benzene rings is 1. The minimum absolute atomic E-state index is 0.0434. The Hall–Kier alpha value is -2.82. The zero-order chi connectivity index (χ0) is 16.4. The highest BCUT2D eigenvalue weighted by atomic mass is 16.2. The van der Waals surface area contributed by atoms with E-state index in [1.165, 1.54) is 0 Å². The van der Waals surface area contributed by atoms with Gasteiger partial charge in [0.05, 0.1) is 16.8 Å². The van der Waals surface area contributed by atoms with Gasteiger partial charge in [0, 0.05) is 49.2 Å². The van der Waals surface area contributed by atoms with Gasteiger partial charge in [-0.2, -0.15) is 0 Å². The summed E-state index contributed by atoms with van der Waals surface area (Å²) in [5.41, 5.74) is 2.52. The summed E-state index contributed by atoms with van der Waals surface area (Å²) < 4.78 is 0. The van der Waals surface area contributed by atoms with Crippen LogP contribution in [0.2, 0.25) is 0 Å². The van der Waals surface area contributed by atoms with Gasteiger partial charge in [-0.1, -0.05) is 18.2 Å². The fourth-order valence-corrected chi connectivity index (χ4v) is 3.30. The zero-order valence-electron chi connectivity index (χ0n) is 13.3. The summed E-state index contributed by atoms with van der Waals surface area (Å²) in [6, 6.07) is 9.78. The number of likely N-dealkylation sites (tertiary alicyclic amines) is 1. The van der Waals surface area contributed by atoms with E-state index in [9.17, 15) is 4.79 Å². The standard InChI is InChI=1S/C19H18N4O/c24-19(16-10-14-4-1-2-6-17(14)22-11-16)23-9-3-5-15(13-23)18-12-20-7-8-21-18/h1-2,4,6-8,10-12,15H,3,5,9,13H2/t15-/m1/s1. The van der Waals surface area contributed by atoms with Gasteiger partial charge in [0.2, 0.25) is 0 Å². The summed E-state index contributed by atoms with van der Waals surface area (Å²) in [6.07, 6.45) is 8.89. The number of rotatable bonds is 2. The van der Waals surface area contributed by atoms with Gasteiger partial charge in [0.25, 0.3) is 5.91 Å². The molecule has 0 radical (unpaired) electrons. The number of aromatic nitrogens is 3. The monoisotopic (exact) mass is 318 g/mol. The van der Waals surface area contributed by atoms with Crippen LogP contribution in [0.3, 0.4) is 0 Å². The van der Waals surface area contributed by atoms with Crippen molar-refractivity contribution in [2.75, 3.05) is 13.1 Å². The lowest BCUT2D eigenvalue weighted by molar-refractivity contribution is 0.0705. The van der Waals surface area contributed by atoms with Crippen LogP contribution < -0.4 is 0 Å². The predicted molar refractivity (Wildman–Crippen MR) is 91.7 cm³/mol. The number of para-hydroxylation sites is 1. The minimum atomic E-state index is 0.0434. The van der Waals surface area contributed by atoms with Gasteiger partial charge in [0.1, 0.15) is 0 Å². The molecule has 1 saturated heterocycles. The molecule has 2 aromatic heterocycles. The Morgan fingerprint density at radius 3 is 2.92 bits per heavy atom. The molecule has 5 heteroatoms. The molecule has 0 bridgehead atoms. The maximum Gasteiger partial charge on any atom is 0.255 e. The van der Waals surface area contributed by atoms with Crippen LogP contribution in [-0.2, 0) is 0 Å². The Kier molecular flexibility index (Phi) is 3.91. The number of hydrogen-bond acceptors (Lipinski definition) is 4. The highest BCUT2D eigenvalue weighted by Gasteiger charge is 2.26. The number of fused-ring (bicyclic) bond motifs is 1. The molecule has 1 aliphatic heterocycles. The minimum Gasteiger partial charge on any atom is -0.338 e. The van der Waals surface area contributed by atoms with Gasteiger partial charge in [-0.15, -0.1) is 0 Å². The van der Waals surface area contributed by atoms with E-state index in [1.54, 1.807) is 24.8 Å². The Morgan fingerprint density at radius 2 is 2.04 bits per heavy atom. The van der Waals surface area contributed by atoms with Crippen LogP contribution in [0.4, 0.5) is 0 Å². The third kappa shape index (κ3) is 2.85. The quantitative estimate of drug-likeness (QED) is 0.728. The van der Waals surface area contributed by atoms with E-state index in [2.05, 4.69) is 15.0 Å². The van der Waals surface area contributed by atoms with Crippen molar-refractivity contribution < 1.29 is 4.79 Å². The molecule has 0 spiro atoms. The summed E-state index contributed by atoms with van der Waals surface area (Å²) in [6.45, 7) is 1.47. The first-order chi connectivity index (χ1) is 11.8. The fourth-order valence-electron chi connectivity index (χ4n) is 3.30. The van der Waals surface area contributed by atoms with Crippen LogP contribution in [0.15, 0.2) is 55.1 Å². The maximum absolute atomic E-state index is 12.9. The molecule has 4 rings (SSSR count). The number of pyridine rings is 1. The van der Waals surface area contributed by atoms with Gasteiger partial charge in [0.15, 0.2) is 0 Å². The largest absolute Gasteiger partial charge is 0.338 e. The number of carbonyl (C=O) groups is 1. The van der Waals surface area contributed by atoms with Crippen molar-refractivity contribution in [3.8, 4) is 0 Å². The lowest BCUT2D eigenvalue weighted by atomic mass is 9.94. The van der Waals surface area contributed by atoms with Gasteiger partial charge in [-0.3, -0.25) is 19.7 Å². The van der Waals surface area contributed by atoms with Crippen LogP contribution in [-0.4, -0.2) is 38.8 Å². The van der Waals surface area contributed by atoms with Gasteiger partial charge >= 0.3 is 0 Å². The van der Waals surface area contributed by atoms with Crippen molar-refractivity contribution in [3.05, 3.63) is 66.4 Å². The van der Waals surface area contributed by atoms with Crippen molar-refractivity contribution in [2.45, 2.75) is 18.8 Å². The lowest BCUT2D eigenvalue weighted by Gasteiger charge is -2.32. The van der Waals surface area contributed by atoms with Crippen molar-refractivity contribution in [2.24, 2.45) is 0 Å². The fraction of sp³-hybridized carbons (Fsp3) is 0.263. The molecule has 1 aliphatic rings. The molecule has 3 heterocycles. The molecule has 0 unspecified atom stereocenters. The predicted octanol–water partition coefficient (Wildman–Crippen LogP) is 3.04. The second kappa shape index (κ2) is 6.35. The van der Waals surface area contributed by atoms with E-state index in [1.807, 2.05) is 35.2 Å². The summed E-state index contributed by atoms with van der Waals surface area (Å²) in [5.74, 6) is 0.298. The van der Waals surface area contributed by atoms with E-state index in [0.717, 1.165) is 36.0 Å². The summed E-state index contributed by atoms with van der Waals surface area (Å²) in [5, 5.41) is 0.992. The first-order valence-corrected chi connectivity index (χ1v) is 8.21. The molecule has 1 aromatic carbocycles. The molecular weight excluding hydrogens is 300 g/mol. The highest BCUT2D eigenvalue weighted by Crippen LogP contribution is 2.26. The molecule has 0 N–H and O–H groups in total. The van der Waals surface area contributed by atoms with Gasteiger partial charge in [-0.05, 0) is 25.0 Å². The third-order valence-corrected chi connectivity index (χ3v) is 4.55. The average Bonchev–Trinajstić information content (AvgIpc) is 2.68. The zero-order valence-corrected chi connectivity index (χ0v) is 13.3. The van der Waals surface area contributed by atoms with E-state index in [0.29, 0.717) is 12.1 Å². The maximum atomic E-state index is 12.9. The van der Waals surface area contributed by atoms with Crippen LogP contribution in [0.5, 0.6) is 0 Å². The Bertz CT molecular complexity index is 865. The van der Waals surface area contributed by atoms with E-state index >= 15 is 0 Å². The summed E-state index contributed by atoms with van der Waals surface area (Å²) in [7, 11) is 0. The first-order valence-electron chi connectivity index (χ1n) is 8.21. The van der Waals surface area contributed by atoms with Gasteiger partial charge < -0.3 is 4.90 Å². The number of amides is 1. The highest BCUT2D eigenvalue weighted by molar-refractivity contribution is 5.97. The molecule has 5 nitrogen and oxygen atoms in total. The SMILES string of the molecule is O=C(c1cnc2ccccc2c1)N1CCC[C@@H](c2cnccn2)C1. The van der Waals surface area contributed by atoms with Crippen molar-refractivity contribution in [1.29, 1.82) is 0 Å². The van der Waals surface area contributed by atoms with Crippen LogP contribution in [0, 0.1) is 0 Å². The molecule has 1 atom stereocenters. The second-order valence-corrected chi connectivity index (χ2v) is 6.14. The Morgan fingerprint density at radius 1 is 1.12 bits per heavy atom. The smallest absolute Gasteiger partial charge is 0.255 e. The molecule has 0 aliphatic carbocycles. The van der Waals surface area contributed by atoms with E-state index in [-0.39, 0.29) is 11.8 Å². The average molecular weight is 318 g/mol. The van der Waals surface area contributed by atoms with Crippen molar-refractivity contribution in [1.82, 2.24) is 19.9 Å². The Balaban J connectivity index is 1.56. The third-order valence-electron chi connectivity index (χ3n) is 4.55. The summed E-state index contributed by atoms with van der Waals surface area (Å²) >= 11 is 0. The van der Waals surface area contributed by atoms with E-state index in [4.69, 9.17) is 0 Å². The molecule has 1 amide bonds. The first kappa shape index (κ1) is 14.8. The molecule has 3 aromatic rings. The number of piperidine rings is 1. The Labute approximate surface area is 140 Å². The molecule has 120 valence electrons. The van der Waals surface area contributed by atoms with Crippen molar-refractivity contribution >= 4 is 16.8 Å². The van der Waals surface area contributed by atoms with Crippen LogP contribution >= 0.6 is 0 Å². The topological polar surface area (TPSA) is 59.0 Å². The van der Waals surface area contributed by atoms with Crippen LogP contribution in [0.1, 0.15) is 34.8 Å². The van der Waals surface area contributed by atoms with Crippen LogP contribution in [0.25, 0.3) is 10.9 Å². The lowest BCUT2D eigenvalue weighted by Crippen LogP contribution is -2.39. The number of carbonyl (C=O) groups excluding carboxylic acids is 1. The van der Waals surface area contributed by atoms with Crippen molar-refractivity contribution in [3.63, 3.8) is 0 Å².